The number of nitrogens with zero attached hydrogens (tertiary/aromatic N) is 2. The van der Waals surface area contributed by atoms with Gasteiger partial charge >= 0.3 is 0 Å². The Morgan fingerprint density at radius 3 is 2.85 bits per heavy atom. The van der Waals surface area contributed by atoms with Crippen molar-refractivity contribution in [1.82, 2.24) is 9.97 Å². The van der Waals surface area contributed by atoms with Crippen LogP contribution >= 0.6 is 27.5 Å². The van der Waals surface area contributed by atoms with Crippen LogP contribution in [-0.4, -0.2) is 9.97 Å². The summed E-state index contributed by atoms with van der Waals surface area (Å²) in [6.45, 7) is 0.624. The summed E-state index contributed by atoms with van der Waals surface area (Å²) in [7, 11) is 0. The van der Waals surface area contributed by atoms with E-state index in [9.17, 15) is 0 Å². The van der Waals surface area contributed by atoms with Gasteiger partial charge in [0.2, 0.25) is 0 Å². The van der Waals surface area contributed by atoms with Crippen LogP contribution in [0.5, 0.6) is 0 Å². The third kappa shape index (κ3) is 2.92. The fourth-order valence-electron chi connectivity index (χ4n) is 1.99. The minimum Gasteiger partial charge on any atom is -0.378 e. The molecule has 0 radical (unpaired) electrons. The number of benzene rings is 1. The molecule has 3 rings (SSSR count). The molecule has 100 valence electrons. The maximum Gasteiger partial charge on any atom is 0.0934 e. The summed E-state index contributed by atoms with van der Waals surface area (Å²) in [5, 5.41) is 5.05. The van der Waals surface area contributed by atoms with Gasteiger partial charge in [-0.3, -0.25) is 9.97 Å². The van der Waals surface area contributed by atoms with Crippen molar-refractivity contribution in [2.75, 3.05) is 5.32 Å². The van der Waals surface area contributed by atoms with E-state index in [-0.39, 0.29) is 0 Å². The van der Waals surface area contributed by atoms with Gasteiger partial charge in [0.15, 0.2) is 0 Å². The first-order valence-electron chi connectivity index (χ1n) is 6.11. The zero-order valence-electron chi connectivity index (χ0n) is 10.5. The van der Waals surface area contributed by atoms with Crippen LogP contribution in [0.4, 0.5) is 5.69 Å². The van der Waals surface area contributed by atoms with E-state index in [1.165, 1.54) is 0 Å². The molecule has 5 heteroatoms. The molecule has 1 N–H and O–H groups in total. The Morgan fingerprint density at radius 1 is 1.15 bits per heavy atom. The first kappa shape index (κ1) is 13.3. The minimum absolute atomic E-state index is 0.624. The largest absolute Gasteiger partial charge is 0.378 e. The number of rotatable bonds is 3. The van der Waals surface area contributed by atoms with Gasteiger partial charge in [0, 0.05) is 27.3 Å². The maximum absolute atomic E-state index is 6.14. The average molecular weight is 349 g/mol. The van der Waals surface area contributed by atoms with E-state index in [4.69, 9.17) is 11.6 Å². The van der Waals surface area contributed by atoms with Gasteiger partial charge in [-0.05, 0) is 46.3 Å². The molecule has 0 unspecified atom stereocenters. The maximum atomic E-state index is 6.14. The highest BCUT2D eigenvalue weighted by atomic mass is 79.9. The first-order chi connectivity index (χ1) is 9.72. The number of halogens is 2. The smallest absolute Gasteiger partial charge is 0.0934 e. The van der Waals surface area contributed by atoms with Crippen molar-refractivity contribution >= 4 is 44.1 Å². The van der Waals surface area contributed by atoms with Crippen molar-refractivity contribution in [3.63, 3.8) is 0 Å². The van der Waals surface area contributed by atoms with Crippen LogP contribution in [0, 0.1) is 0 Å². The number of hydrogen-bond donors (Lipinski definition) is 1. The van der Waals surface area contributed by atoms with Gasteiger partial charge in [-0.15, -0.1) is 0 Å². The predicted molar refractivity (Wildman–Crippen MR) is 86.0 cm³/mol. The van der Waals surface area contributed by atoms with E-state index in [1.807, 2.05) is 36.4 Å². The lowest BCUT2D eigenvalue weighted by Crippen LogP contribution is -2.02. The summed E-state index contributed by atoms with van der Waals surface area (Å²) in [6, 6.07) is 11.6. The summed E-state index contributed by atoms with van der Waals surface area (Å²) in [5.41, 5.74) is 2.78. The zero-order valence-corrected chi connectivity index (χ0v) is 12.8. The molecule has 0 saturated carbocycles. The summed E-state index contributed by atoms with van der Waals surface area (Å²) >= 11 is 9.51. The normalized spacial score (nSPS) is 10.7. The second kappa shape index (κ2) is 5.77. The summed E-state index contributed by atoms with van der Waals surface area (Å²) in [5.74, 6) is 0. The molecule has 0 bridgehead atoms. The van der Waals surface area contributed by atoms with Crippen molar-refractivity contribution in [2.45, 2.75) is 6.54 Å². The second-order valence-corrected chi connectivity index (χ2v) is 5.70. The van der Waals surface area contributed by atoms with Gasteiger partial charge in [0.25, 0.3) is 0 Å². The Balaban J connectivity index is 1.88. The fraction of sp³-hybridized carbons (Fsp3) is 0.0667. The minimum atomic E-state index is 0.624. The van der Waals surface area contributed by atoms with Crippen LogP contribution in [0.2, 0.25) is 5.02 Å². The van der Waals surface area contributed by atoms with Crippen LogP contribution in [0.1, 0.15) is 5.69 Å². The van der Waals surface area contributed by atoms with Gasteiger partial charge in [-0.2, -0.15) is 0 Å². The molecule has 0 fully saturated rings. The molecule has 3 nitrogen and oxygen atoms in total. The van der Waals surface area contributed by atoms with E-state index in [0.29, 0.717) is 11.6 Å². The molecule has 0 amide bonds. The summed E-state index contributed by atoms with van der Waals surface area (Å²) in [6.07, 6.45) is 3.56. The number of anilines is 1. The van der Waals surface area contributed by atoms with E-state index >= 15 is 0 Å². The molecule has 1 aromatic carbocycles. The fourth-order valence-corrected chi connectivity index (χ4v) is 2.45. The van der Waals surface area contributed by atoms with Gasteiger partial charge < -0.3 is 5.32 Å². The molecular formula is C15H11BrClN3. The molecular weight excluding hydrogens is 338 g/mol. The van der Waals surface area contributed by atoms with Gasteiger partial charge in [0.1, 0.15) is 0 Å². The zero-order chi connectivity index (χ0) is 13.9. The molecule has 0 aliphatic rings. The average Bonchev–Trinajstić information content (AvgIpc) is 2.46. The standard InChI is InChI=1S/C15H11BrClN3/c16-11-3-4-13(19-8-11)9-20-14-7-12(17)6-10-2-1-5-18-15(10)14/h1-8,20H,9H2. The number of hydrogen-bond acceptors (Lipinski definition) is 3. The van der Waals surface area contributed by atoms with Gasteiger partial charge in [-0.25, -0.2) is 0 Å². The monoisotopic (exact) mass is 347 g/mol. The van der Waals surface area contributed by atoms with Crippen LogP contribution in [0.25, 0.3) is 10.9 Å². The van der Waals surface area contributed by atoms with Crippen molar-refractivity contribution in [3.8, 4) is 0 Å². The Bertz CT molecular complexity index is 744. The van der Waals surface area contributed by atoms with E-state index in [0.717, 1.165) is 26.8 Å². The van der Waals surface area contributed by atoms with Crippen LogP contribution in [0.15, 0.2) is 53.3 Å². The number of aromatic nitrogens is 2. The lowest BCUT2D eigenvalue weighted by atomic mass is 10.2. The second-order valence-electron chi connectivity index (χ2n) is 4.35. The first-order valence-corrected chi connectivity index (χ1v) is 7.28. The molecule has 2 aromatic heterocycles. The molecule has 3 aromatic rings. The van der Waals surface area contributed by atoms with Gasteiger partial charge in [-0.1, -0.05) is 17.7 Å². The number of fused-ring (bicyclic) bond motifs is 1. The Kier molecular flexibility index (Phi) is 3.85. The van der Waals surface area contributed by atoms with Crippen molar-refractivity contribution in [2.24, 2.45) is 0 Å². The van der Waals surface area contributed by atoms with Crippen molar-refractivity contribution in [3.05, 3.63) is 64.0 Å². The molecule has 0 aliphatic carbocycles. The van der Waals surface area contributed by atoms with E-state index < -0.39 is 0 Å². The summed E-state index contributed by atoms with van der Waals surface area (Å²) in [4.78, 5) is 8.73. The molecule has 20 heavy (non-hydrogen) atoms. The van der Waals surface area contributed by atoms with E-state index in [1.54, 1.807) is 12.4 Å². The highest BCUT2D eigenvalue weighted by molar-refractivity contribution is 9.10. The van der Waals surface area contributed by atoms with E-state index in [2.05, 4.69) is 31.2 Å². The SMILES string of the molecule is Clc1cc(NCc2ccc(Br)cn2)c2ncccc2c1. The highest BCUT2D eigenvalue weighted by Gasteiger charge is 2.04. The van der Waals surface area contributed by atoms with Crippen LogP contribution in [0.3, 0.4) is 0 Å². The van der Waals surface area contributed by atoms with Gasteiger partial charge in [0.05, 0.1) is 23.4 Å². The Labute approximate surface area is 130 Å². The molecule has 0 spiro atoms. The van der Waals surface area contributed by atoms with Crippen LogP contribution < -0.4 is 5.32 Å². The molecule has 0 saturated heterocycles. The third-order valence-corrected chi connectivity index (χ3v) is 3.61. The third-order valence-electron chi connectivity index (χ3n) is 2.92. The lowest BCUT2D eigenvalue weighted by Gasteiger charge is -2.09. The molecule has 0 aliphatic heterocycles. The highest BCUT2D eigenvalue weighted by Crippen LogP contribution is 2.26. The van der Waals surface area contributed by atoms with Crippen LogP contribution in [-0.2, 0) is 6.54 Å². The van der Waals surface area contributed by atoms with Crippen molar-refractivity contribution < 1.29 is 0 Å². The Hall–Kier alpha value is -1.65. The molecule has 2 heterocycles. The summed E-state index contributed by atoms with van der Waals surface area (Å²) < 4.78 is 0.969. The van der Waals surface area contributed by atoms with Crippen molar-refractivity contribution in [1.29, 1.82) is 0 Å². The number of nitrogens with one attached hydrogen (secondary N) is 1. The molecule has 0 atom stereocenters. The topological polar surface area (TPSA) is 37.8 Å². The lowest BCUT2D eigenvalue weighted by molar-refractivity contribution is 1.04. The number of pyridine rings is 2. The Morgan fingerprint density at radius 2 is 2.05 bits per heavy atom. The predicted octanol–water partition coefficient (Wildman–Crippen LogP) is 4.66. The quantitative estimate of drug-likeness (QED) is 0.748.